The maximum Gasteiger partial charge on any atom is 0.416 e. The van der Waals surface area contributed by atoms with Crippen molar-refractivity contribution in [3.05, 3.63) is 35.4 Å². The van der Waals surface area contributed by atoms with Gasteiger partial charge in [0.25, 0.3) is 5.91 Å². The second kappa shape index (κ2) is 8.17. The monoisotopic (exact) mass is 327 g/mol. The Hall–Kier alpha value is -2.56. The third-order valence-corrected chi connectivity index (χ3v) is 3.13. The lowest BCUT2D eigenvalue weighted by Gasteiger charge is -2.16. The number of carbonyl (C=O) groups is 2. The fraction of sp³-hybridized carbons (Fsp3) is 0.400. The summed E-state index contributed by atoms with van der Waals surface area (Å²) >= 11 is 0. The smallest absolute Gasteiger partial charge is 0.368 e. The summed E-state index contributed by atoms with van der Waals surface area (Å²) in [4.78, 5) is 23.3. The van der Waals surface area contributed by atoms with Gasteiger partial charge in [-0.2, -0.15) is 18.4 Å². The van der Waals surface area contributed by atoms with Crippen molar-refractivity contribution >= 4 is 11.8 Å². The molecular formula is C15H16F3N3O2. The van der Waals surface area contributed by atoms with Crippen LogP contribution in [-0.2, 0) is 11.0 Å². The molecule has 0 aromatic heterocycles. The van der Waals surface area contributed by atoms with E-state index in [0.29, 0.717) is 25.3 Å². The van der Waals surface area contributed by atoms with E-state index in [9.17, 15) is 22.8 Å². The molecule has 0 saturated heterocycles. The van der Waals surface area contributed by atoms with Crippen LogP contribution in [0.15, 0.2) is 24.3 Å². The molecule has 0 heterocycles. The van der Waals surface area contributed by atoms with E-state index in [-0.39, 0.29) is 12.0 Å². The minimum absolute atomic E-state index is 0.205. The van der Waals surface area contributed by atoms with Crippen molar-refractivity contribution in [2.75, 3.05) is 0 Å². The minimum atomic E-state index is -4.56. The Kier molecular flexibility index (Phi) is 6.57. The third kappa shape index (κ3) is 5.98. The van der Waals surface area contributed by atoms with E-state index >= 15 is 0 Å². The first-order valence-electron chi connectivity index (χ1n) is 6.90. The van der Waals surface area contributed by atoms with Crippen LogP contribution < -0.4 is 11.1 Å². The molecule has 2 amide bonds. The lowest BCUT2D eigenvalue weighted by Crippen LogP contribution is -2.44. The maximum atomic E-state index is 12.6. The third-order valence-electron chi connectivity index (χ3n) is 3.13. The number of nitrogens with two attached hydrogens (primary N) is 1. The van der Waals surface area contributed by atoms with Crippen LogP contribution in [0.5, 0.6) is 0 Å². The van der Waals surface area contributed by atoms with Crippen molar-refractivity contribution in [2.45, 2.75) is 37.9 Å². The molecule has 0 aliphatic carbocycles. The van der Waals surface area contributed by atoms with Crippen molar-refractivity contribution in [1.82, 2.24) is 5.32 Å². The normalized spacial score (nSPS) is 12.3. The number of nitriles is 1. The van der Waals surface area contributed by atoms with Gasteiger partial charge in [0, 0.05) is 12.0 Å². The van der Waals surface area contributed by atoms with Gasteiger partial charge < -0.3 is 11.1 Å². The average Bonchev–Trinajstić information content (AvgIpc) is 2.49. The van der Waals surface area contributed by atoms with Gasteiger partial charge in [0.2, 0.25) is 5.91 Å². The van der Waals surface area contributed by atoms with Gasteiger partial charge in [0.15, 0.2) is 0 Å². The zero-order valence-corrected chi connectivity index (χ0v) is 12.2. The lowest BCUT2D eigenvalue weighted by atomic mass is 10.1. The summed E-state index contributed by atoms with van der Waals surface area (Å²) in [7, 11) is 0. The molecule has 0 radical (unpaired) electrons. The number of halogens is 3. The highest BCUT2D eigenvalue weighted by atomic mass is 19.4. The van der Waals surface area contributed by atoms with Crippen LogP contribution in [0, 0.1) is 11.3 Å². The zero-order valence-electron chi connectivity index (χ0n) is 12.2. The highest BCUT2D eigenvalue weighted by Gasteiger charge is 2.31. The number of nitrogens with one attached hydrogen (secondary N) is 1. The van der Waals surface area contributed by atoms with E-state index < -0.39 is 29.6 Å². The van der Waals surface area contributed by atoms with Gasteiger partial charge in [-0.25, -0.2) is 0 Å². The summed E-state index contributed by atoms with van der Waals surface area (Å²) in [5.74, 6) is -1.58. The highest BCUT2D eigenvalue weighted by Crippen LogP contribution is 2.29. The summed E-state index contributed by atoms with van der Waals surface area (Å²) in [5, 5.41) is 10.7. The first-order valence-corrected chi connectivity index (χ1v) is 6.90. The Morgan fingerprint density at radius 2 is 2.00 bits per heavy atom. The molecular weight excluding hydrogens is 311 g/mol. The summed E-state index contributed by atoms with van der Waals surface area (Å²) in [6.07, 6.45) is -2.99. The Bertz CT molecular complexity index is 609. The quantitative estimate of drug-likeness (QED) is 0.753. The van der Waals surface area contributed by atoms with E-state index in [1.54, 1.807) is 0 Å². The van der Waals surface area contributed by atoms with Crippen LogP contribution >= 0.6 is 0 Å². The van der Waals surface area contributed by atoms with Crippen LogP contribution in [0.25, 0.3) is 0 Å². The van der Waals surface area contributed by atoms with Crippen molar-refractivity contribution in [2.24, 2.45) is 5.73 Å². The molecule has 0 unspecified atom stereocenters. The zero-order chi connectivity index (χ0) is 17.5. The van der Waals surface area contributed by atoms with E-state index in [1.165, 1.54) is 6.07 Å². The van der Waals surface area contributed by atoms with Crippen LogP contribution in [0.3, 0.4) is 0 Å². The van der Waals surface area contributed by atoms with Gasteiger partial charge in [-0.1, -0.05) is 6.07 Å². The van der Waals surface area contributed by atoms with E-state index in [4.69, 9.17) is 11.0 Å². The van der Waals surface area contributed by atoms with Gasteiger partial charge in [-0.3, -0.25) is 9.59 Å². The first kappa shape index (κ1) is 18.5. The molecule has 0 spiro atoms. The van der Waals surface area contributed by atoms with Crippen LogP contribution in [-0.4, -0.2) is 17.9 Å². The second-order valence-electron chi connectivity index (χ2n) is 4.91. The molecule has 124 valence electrons. The maximum absolute atomic E-state index is 12.6. The molecule has 5 nitrogen and oxygen atoms in total. The number of alkyl halides is 3. The standard InChI is InChI=1S/C15H16F3N3O2/c16-15(17,18)11-6-4-5-10(9-11)14(23)21-12(13(20)22)7-2-1-3-8-19/h4-6,9,12H,1-3,7H2,(H2,20,22)(H,21,23)/t12-/m1/s1. The van der Waals surface area contributed by atoms with Crippen molar-refractivity contribution < 1.29 is 22.8 Å². The highest BCUT2D eigenvalue weighted by molar-refractivity contribution is 5.97. The predicted octanol–water partition coefficient (Wildman–Crippen LogP) is 2.37. The number of nitrogens with zero attached hydrogens (tertiary/aromatic N) is 1. The van der Waals surface area contributed by atoms with Gasteiger partial charge in [-0.05, 0) is 37.5 Å². The molecule has 0 bridgehead atoms. The van der Waals surface area contributed by atoms with Crippen molar-refractivity contribution in [3.63, 3.8) is 0 Å². The van der Waals surface area contributed by atoms with Crippen LogP contribution in [0.4, 0.5) is 13.2 Å². The van der Waals surface area contributed by atoms with E-state index in [2.05, 4.69) is 5.32 Å². The molecule has 1 aromatic rings. The Balaban J connectivity index is 2.76. The molecule has 1 aromatic carbocycles. The molecule has 3 N–H and O–H groups in total. The fourth-order valence-electron chi connectivity index (χ4n) is 1.92. The molecule has 1 atom stereocenters. The average molecular weight is 327 g/mol. The molecule has 0 saturated carbocycles. The Morgan fingerprint density at radius 1 is 1.30 bits per heavy atom. The minimum Gasteiger partial charge on any atom is -0.368 e. The summed E-state index contributed by atoms with van der Waals surface area (Å²) in [6.45, 7) is 0. The van der Waals surface area contributed by atoms with E-state index in [0.717, 1.165) is 12.1 Å². The molecule has 23 heavy (non-hydrogen) atoms. The number of carbonyl (C=O) groups excluding carboxylic acids is 2. The van der Waals surface area contributed by atoms with Crippen LogP contribution in [0.2, 0.25) is 0 Å². The van der Waals surface area contributed by atoms with E-state index in [1.807, 2.05) is 6.07 Å². The predicted molar refractivity (Wildman–Crippen MR) is 76.0 cm³/mol. The largest absolute Gasteiger partial charge is 0.416 e. The number of hydrogen-bond acceptors (Lipinski definition) is 3. The van der Waals surface area contributed by atoms with Gasteiger partial charge in [-0.15, -0.1) is 0 Å². The summed E-state index contributed by atoms with van der Waals surface area (Å²) < 4.78 is 37.9. The molecule has 0 aliphatic heterocycles. The fourth-order valence-corrected chi connectivity index (χ4v) is 1.92. The number of amides is 2. The number of rotatable bonds is 7. The van der Waals surface area contributed by atoms with Crippen molar-refractivity contribution in [3.8, 4) is 6.07 Å². The Morgan fingerprint density at radius 3 is 2.57 bits per heavy atom. The topological polar surface area (TPSA) is 96.0 Å². The molecule has 8 heteroatoms. The second-order valence-corrected chi connectivity index (χ2v) is 4.91. The first-order chi connectivity index (χ1) is 10.8. The summed E-state index contributed by atoms with van der Waals surface area (Å²) in [5.41, 5.74) is 4.02. The van der Waals surface area contributed by atoms with Gasteiger partial charge in [0.1, 0.15) is 6.04 Å². The number of unbranched alkanes of at least 4 members (excludes halogenated alkanes) is 2. The van der Waals surface area contributed by atoms with Crippen molar-refractivity contribution in [1.29, 1.82) is 5.26 Å². The molecule has 0 fully saturated rings. The van der Waals surface area contributed by atoms with Gasteiger partial charge in [0.05, 0.1) is 11.6 Å². The van der Waals surface area contributed by atoms with Crippen LogP contribution in [0.1, 0.15) is 41.6 Å². The molecule has 0 aliphatic rings. The SMILES string of the molecule is N#CCCCC[C@@H](NC(=O)c1cccc(C(F)(F)F)c1)C(N)=O. The number of hydrogen-bond donors (Lipinski definition) is 2. The van der Waals surface area contributed by atoms with Gasteiger partial charge >= 0.3 is 6.18 Å². The Labute approximate surface area is 131 Å². The number of primary amides is 1. The lowest BCUT2D eigenvalue weighted by molar-refractivity contribution is -0.137. The number of benzene rings is 1. The molecule has 1 rings (SSSR count). The summed E-state index contributed by atoms with van der Waals surface area (Å²) in [6, 6.07) is 4.86.